The number of nitro groups is 1. The third-order valence-corrected chi connectivity index (χ3v) is 5.95. The van der Waals surface area contributed by atoms with Gasteiger partial charge in [-0.25, -0.2) is 8.42 Å². The molecule has 7 nitrogen and oxygen atoms in total. The average Bonchev–Trinajstić information content (AvgIpc) is 2.80. The van der Waals surface area contributed by atoms with Crippen LogP contribution in [0.15, 0.2) is 23.1 Å². The Morgan fingerprint density at radius 2 is 2.19 bits per heavy atom. The van der Waals surface area contributed by atoms with Crippen molar-refractivity contribution in [3.63, 3.8) is 0 Å². The molecule has 21 heavy (non-hydrogen) atoms. The van der Waals surface area contributed by atoms with Crippen LogP contribution >= 0.6 is 11.6 Å². The zero-order valence-corrected chi connectivity index (χ0v) is 13.0. The monoisotopic (exact) mass is 333 g/mol. The van der Waals surface area contributed by atoms with Crippen LogP contribution < -0.4 is 5.73 Å². The normalized spacial score (nSPS) is 23.4. The van der Waals surface area contributed by atoms with E-state index in [0.717, 1.165) is 6.07 Å². The van der Waals surface area contributed by atoms with Gasteiger partial charge >= 0.3 is 0 Å². The van der Waals surface area contributed by atoms with Gasteiger partial charge in [0.05, 0.1) is 9.82 Å². The zero-order chi connectivity index (χ0) is 15.8. The Hall–Kier alpha value is -1.22. The minimum atomic E-state index is -3.79. The molecule has 1 aromatic carbocycles. The molecule has 2 unspecified atom stereocenters. The van der Waals surface area contributed by atoms with Crippen molar-refractivity contribution in [1.82, 2.24) is 4.31 Å². The minimum absolute atomic E-state index is 0.0896. The molecule has 0 saturated carbocycles. The van der Waals surface area contributed by atoms with E-state index < -0.39 is 20.6 Å². The van der Waals surface area contributed by atoms with Crippen molar-refractivity contribution in [3.05, 3.63) is 33.3 Å². The van der Waals surface area contributed by atoms with E-state index in [1.54, 1.807) is 6.92 Å². The Morgan fingerprint density at radius 1 is 1.52 bits per heavy atom. The summed E-state index contributed by atoms with van der Waals surface area (Å²) in [5.41, 5.74) is 5.18. The number of rotatable bonds is 4. The summed E-state index contributed by atoms with van der Waals surface area (Å²) in [5, 5.41) is 10.8. The molecule has 0 bridgehead atoms. The highest BCUT2D eigenvalue weighted by molar-refractivity contribution is 7.89. The second kappa shape index (κ2) is 5.88. The van der Waals surface area contributed by atoms with Gasteiger partial charge in [-0.2, -0.15) is 4.31 Å². The first-order chi connectivity index (χ1) is 9.77. The molecule has 116 valence electrons. The van der Waals surface area contributed by atoms with Crippen LogP contribution in [0.4, 0.5) is 5.69 Å². The van der Waals surface area contributed by atoms with Crippen molar-refractivity contribution in [2.24, 2.45) is 11.7 Å². The number of hydrogen-bond donors (Lipinski definition) is 1. The maximum atomic E-state index is 12.6. The van der Waals surface area contributed by atoms with Gasteiger partial charge in [-0.3, -0.25) is 10.1 Å². The van der Waals surface area contributed by atoms with Gasteiger partial charge in [-0.05, 0) is 37.9 Å². The van der Waals surface area contributed by atoms with E-state index in [9.17, 15) is 18.5 Å². The molecule has 0 aromatic heterocycles. The molecule has 0 spiro atoms. The van der Waals surface area contributed by atoms with Crippen LogP contribution in [0.25, 0.3) is 0 Å². The fourth-order valence-electron chi connectivity index (χ4n) is 2.54. The lowest BCUT2D eigenvalue weighted by Gasteiger charge is -2.21. The Balaban J connectivity index is 2.41. The van der Waals surface area contributed by atoms with Crippen molar-refractivity contribution in [1.29, 1.82) is 0 Å². The van der Waals surface area contributed by atoms with Crippen LogP contribution in [-0.2, 0) is 10.0 Å². The van der Waals surface area contributed by atoms with Crippen LogP contribution in [0.1, 0.15) is 13.3 Å². The predicted molar refractivity (Wildman–Crippen MR) is 78.6 cm³/mol. The Morgan fingerprint density at radius 3 is 2.71 bits per heavy atom. The highest BCUT2D eigenvalue weighted by atomic mass is 35.5. The van der Waals surface area contributed by atoms with Crippen LogP contribution in [-0.4, -0.2) is 36.8 Å². The van der Waals surface area contributed by atoms with Crippen LogP contribution in [0.3, 0.4) is 0 Å². The van der Waals surface area contributed by atoms with Crippen molar-refractivity contribution < 1.29 is 13.3 Å². The van der Waals surface area contributed by atoms with Gasteiger partial charge in [-0.15, -0.1) is 0 Å². The molecule has 1 heterocycles. The van der Waals surface area contributed by atoms with Crippen molar-refractivity contribution >= 4 is 27.3 Å². The van der Waals surface area contributed by atoms with E-state index in [1.807, 2.05) is 0 Å². The number of sulfonamides is 1. The summed E-state index contributed by atoms with van der Waals surface area (Å²) in [5.74, 6) is 0.108. The summed E-state index contributed by atoms with van der Waals surface area (Å²) in [7, 11) is -3.79. The highest BCUT2D eigenvalue weighted by Gasteiger charge is 2.37. The smallest absolute Gasteiger partial charge is 0.289 e. The number of nitrogens with two attached hydrogens (primary N) is 1. The summed E-state index contributed by atoms with van der Waals surface area (Å²) in [4.78, 5) is 10.1. The fraction of sp³-hybridized carbons (Fsp3) is 0.500. The molecule has 0 radical (unpaired) electrons. The number of nitro benzene ring substituents is 1. The molecule has 9 heteroatoms. The Kier molecular flexibility index (Phi) is 4.52. The lowest BCUT2D eigenvalue weighted by atomic mass is 10.1. The Bertz CT molecular complexity index is 664. The van der Waals surface area contributed by atoms with Gasteiger partial charge < -0.3 is 5.73 Å². The first-order valence-corrected chi connectivity index (χ1v) is 8.25. The van der Waals surface area contributed by atoms with Crippen LogP contribution in [0, 0.1) is 16.0 Å². The third-order valence-electron chi connectivity index (χ3n) is 3.66. The largest absolute Gasteiger partial charge is 0.330 e. The van der Waals surface area contributed by atoms with E-state index in [1.165, 1.54) is 16.4 Å². The molecule has 1 saturated heterocycles. The third kappa shape index (κ3) is 3.03. The van der Waals surface area contributed by atoms with Gasteiger partial charge in [0.25, 0.3) is 5.69 Å². The van der Waals surface area contributed by atoms with E-state index in [-0.39, 0.29) is 21.9 Å². The van der Waals surface area contributed by atoms with Gasteiger partial charge in [0.2, 0.25) is 10.0 Å². The predicted octanol–water partition coefficient (Wildman–Crippen LogP) is 1.61. The van der Waals surface area contributed by atoms with Crippen LogP contribution in [0.2, 0.25) is 5.02 Å². The highest BCUT2D eigenvalue weighted by Crippen LogP contribution is 2.32. The first kappa shape index (κ1) is 16.2. The number of benzene rings is 1. The van der Waals surface area contributed by atoms with Crippen molar-refractivity contribution in [3.8, 4) is 0 Å². The van der Waals surface area contributed by atoms with Crippen LogP contribution in [0.5, 0.6) is 0 Å². The molecular formula is C12H16ClN3O4S. The summed E-state index contributed by atoms with van der Waals surface area (Å²) in [6.45, 7) is 2.55. The van der Waals surface area contributed by atoms with Gasteiger partial charge in [0.1, 0.15) is 5.02 Å². The SMILES string of the molecule is CC1CC(CN)CN1S(=O)(=O)c1ccc(Cl)c([N+](=O)[O-])c1. The summed E-state index contributed by atoms with van der Waals surface area (Å²) in [6.07, 6.45) is 0.686. The number of halogens is 1. The lowest BCUT2D eigenvalue weighted by Crippen LogP contribution is -2.34. The standard InChI is InChI=1S/C12H16ClN3O4S/c1-8-4-9(6-14)7-15(8)21(19,20)10-2-3-11(13)12(5-10)16(17)18/h2-3,5,8-9H,4,6-7,14H2,1H3. The molecule has 2 N–H and O–H groups in total. The van der Waals surface area contributed by atoms with Gasteiger partial charge in [-0.1, -0.05) is 11.6 Å². The average molecular weight is 334 g/mol. The van der Waals surface area contributed by atoms with Crippen molar-refractivity contribution in [2.75, 3.05) is 13.1 Å². The second-order valence-electron chi connectivity index (χ2n) is 5.13. The molecule has 1 aliphatic rings. The fourth-order valence-corrected chi connectivity index (χ4v) is 4.47. The Labute approximate surface area is 127 Å². The molecule has 2 rings (SSSR count). The zero-order valence-electron chi connectivity index (χ0n) is 11.4. The van der Waals surface area contributed by atoms with Gasteiger partial charge in [0.15, 0.2) is 0 Å². The van der Waals surface area contributed by atoms with E-state index in [4.69, 9.17) is 17.3 Å². The first-order valence-electron chi connectivity index (χ1n) is 6.43. The van der Waals surface area contributed by atoms with Crippen molar-refractivity contribution in [2.45, 2.75) is 24.3 Å². The molecule has 1 aromatic rings. The van der Waals surface area contributed by atoms with E-state index >= 15 is 0 Å². The summed E-state index contributed by atoms with van der Waals surface area (Å²) < 4.78 is 26.6. The maximum absolute atomic E-state index is 12.6. The summed E-state index contributed by atoms with van der Waals surface area (Å²) >= 11 is 5.71. The minimum Gasteiger partial charge on any atom is -0.330 e. The number of nitrogens with zero attached hydrogens (tertiary/aromatic N) is 2. The second-order valence-corrected chi connectivity index (χ2v) is 7.43. The quantitative estimate of drug-likeness (QED) is 0.665. The molecule has 0 aliphatic carbocycles. The molecule has 2 atom stereocenters. The molecule has 0 amide bonds. The lowest BCUT2D eigenvalue weighted by molar-refractivity contribution is -0.384. The summed E-state index contributed by atoms with van der Waals surface area (Å²) in [6, 6.07) is 3.33. The van der Waals surface area contributed by atoms with E-state index in [2.05, 4.69) is 0 Å². The topological polar surface area (TPSA) is 107 Å². The molecule has 1 aliphatic heterocycles. The number of hydrogen-bond acceptors (Lipinski definition) is 5. The van der Waals surface area contributed by atoms with E-state index in [0.29, 0.717) is 19.5 Å². The van der Waals surface area contributed by atoms with Gasteiger partial charge in [0, 0.05) is 18.7 Å². The molecular weight excluding hydrogens is 318 g/mol. The maximum Gasteiger partial charge on any atom is 0.289 e. The molecule has 1 fully saturated rings.